The summed E-state index contributed by atoms with van der Waals surface area (Å²) in [6.45, 7) is 1.98. The van der Waals surface area contributed by atoms with E-state index in [1.807, 2.05) is 13.0 Å². The summed E-state index contributed by atoms with van der Waals surface area (Å²) >= 11 is 1.58. The van der Waals surface area contributed by atoms with E-state index in [1.165, 1.54) is 6.07 Å². The monoisotopic (exact) mass is 197 g/mol. The minimum absolute atomic E-state index is 0.106. The van der Waals surface area contributed by atoms with Gasteiger partial charge in [-0.3, -0.25) is 0 Å². The van der Waals surface area contributed by atoms with Crippen LogP contribution < -0.4 is 5.73 Å². The van der Waals surface area contributed by atoms with Crippen molar-refractivity contribution in [3.63, 3.8) is 0 Å². The van der Waals surface area contributed by atoms with Gasteiger partial charge >= 0.3 is 0 Å². The number of thioether (sulfide) groups is 1. The molecule has 3 heteroatoms. The lowest BCUT2D eigenvalue weighted by atomic mass is 9.95. The van der Waals surface area contributed by atoms with Gasteiger partial charge in [-0.15, -0.1) is 11.8 Å². The number of halogens is 1. The SMILES string of the molecule is CC(N)C1CSc2c(F)cccc21. The molecular weight excluding hydrogens is 185 g/mol. The van der Waals surface area contributed by atoms with Gasteiger partial charge in [0.05, 0.1) is 0 Å². The third kappa shape index (κ3) is 1.46. The molecule has 1 aliphatic heterocycles. The van der Waals surface area contributed by atoms with Gasteiger partial charge in [-0.25, -0.2) is 4.39 Å². The Morgan fingerprint density at radius 2 is 2.38 bits per heavy atom. The Kier molecular flexibility index (Phi) is 2.30. The molecule has 0 fully saturated rings. The van der Waals surface area contributed by atoms with Crippen molar-refractivity contribution in [2.75, 3.05) is 5.75 Å². The van der Waals surface area contributed by atoms with Crippen LogP contribution in [0.5, 0.6) is 0 Å². The van der Waals surface area contributed by atoms with Gasteiger partial charge in [0.2, 0.25) is 0 Å². The predicted octanol–water partition coefficient (Wildman–Crippen LogP) is 2.36. The van der Waals surface area contributed by atoms with E-state index in [-0.39, 0.29) is 11.9 Å². The Hall–Kier alpha value is -0.540. The molecule has 0 saturated heterocycles. The number of benzene rings is 1. The fourth-order valence-electron chi connectivity index (χ4n) is 1.67. The predicted molar refractivity (Wildman–Crippen MR) is 53.5 cm³/mol. The second kappa shape index (κ2) is 3.31. The van der Waals surface area contributed by atoms with E-state index in [9.17, 15) is 4.39 Å². The molecule has 0 aliphatic carbocycles. The molecule has 1 heterocycles. The lowest BCUT2D eigenvalue weighted by molar-refractivity contribution is 0.581. The highest BCUT2D eigenvalue weighted by atomic mass is 32.2. The number of hydrogen-bond donors (Lipinski definition) is 1. The smallest absolute Gasteiger partial charge is 0.137 e. The van der Waals surface area contributed by atoms with Gasteiger partial charge in [-0.1, -0.05) is 12.1 Å². The van der Waals surface area contributed by atoms with E-state index in [1.54, 1.807) is 17.8 Å². The normalized spacial score (nSPS) is 22.8. The molecule has 1 aromatic carbocycles. The maximum Gasteiger partial charge on any atom is 0.137 e. The Balaban J connectivity index is 2.43. The number of rotatable bonds is 1. The van der Waals surface area contributed by atoms with E-state index < -0.39 is 0 Å². The van der Waals surface area contributed by atoms with Crippen LogP contribution in [0.15, 0.2) is 23.1 Å². The van der Waals surface area contributed by atoms with Crippen LogP contribution in [0.1, 0.15) is 18.4 Å². The molecular formula is C10H12FNS. The van der Waals surface area contributed by atoms with Crippen LogP contribution >= 0.6 is 11.8 Å². The van der Waals surface area contributed by atoms with E-state index in [0.29, 0.717) is 5.92 Å². The summed E-state index contributed by atoms with van der Waals surface area (Å²) in [4.78, 5) is 0.796. The minimum atomic E-state index is -0.106. The zero-order chi connectivity index (χ0) is 9.42. The zero-order valence-corrected chi connectivity index (χ0v) is 8.27. The molecule has 2 unspecified atom stereocenters. The first-order chi connectivity index (χ1) is 6.20. The highest BCUT2D eigenvalue weighted by Gasteiger charge is 2.27. The molecule has 1 aliphatic rings. The van der Waals surface area contributed by atoms with Crippen LogP contribution in [0.4, 0.5) is 4.39 Å². The Labute approximate surface area is 81.5 Å². The molecule has 2 N–H and O–H groups in total. The minimum Gasteiger partial charge on any atom is -0.327 e. The number of fused-ring (bicyclic) bond motifs is 1. The molecule has 13 heavy (non-hydrogen) atoms. The van der Waals surface area contributed by atoms with Crippen molar-refractivity contribution >= 4 is 11.8 Å². The Morgan fingerprint density at radius 1 is 1.62 bits per heavy atom. The van der Waals surface area contributed by atoms with Crippen molar-refractivity contribution in [1.29, 1.82) is 0 Å². The van der Waals surface area contributed by atoms with Gasteiger partial charge in [-0.05, 0) is 18.6 Å². The van der Waals surface area contributed by atoms with Crippen molar-refractivity contribution in [2.24, 2.45) is 5.73 Å². The number of nitrogens with two attached hydrogens (primary N) is 1. The molecule has 0 radical (unpaired) electrons. The molecule has 0 bridgehead atoms. The molecule has 2 rings (SSSR count). The molecule has 0 saturated carbocycles. The van der Waals surface area contributed by atoms with Crippen molar-refractivity contribution in [3.8, 4) is 0 Å². The van der Waals surface area contributed by atoms with Gasteiger partial charge in [-0.2, -0.15) is 0 Å². The third-order valence-electron chi connectivity index (χ3n) is 2.44. The van der Waals surface area contributed by atoms with Crippen molar-refractivity contribution in [1.82, 2.24) is 0 Å². The topological polar surface area (TPSA) is 26.0 Å². The Morgan fingerprint density at radius 3 is 3.08 bits per heavy atom. The van der Waals surface area contributed by atoms with Crippen LogP contribution in [-0.4, -0.2) is 11.8 Å². The van der Waals surface area contributed by atoms with E-state index in [4.69, 9.17) is 5.73 Å². The molecule has 0 spiro atoms. The molecule has 0 amide bonds. The zero-order valence-electron chi connectivity index (χ0n) is 7.46. The summed E-state index contributed by atoms with van der Waals surface area (Å²) in [5.74, 6) is 1.12. The van der Waals surface area contributed by atoms with Gasteiger partial charge in [0, 0.05) is 22.6 Å². The van der Waals surface area contributed by atoms with Crippen molar-refractivity contribution in [3.05, 3.63) is 29.6 Å². The fourth-order valence-corrected chi connectivity index (χ4v) is 3.09. The summed E-state index contributed by atoms with van der Waals surface area (Å²) in [6, 6.07) is 5.35. The first kappa shape index (κ1) is 9.03. The lowest BCUT2D eigenvalue weighted by Gasteiger charge is -2.14. The maximum atomic E-state index is 13.3. The maximum absolute atomic E-state index is 13.3. The highest BCUT2D eigenvalue weighted by molar-refractivity contribution is 7.99. The fraction of sp³-hybridized carbons (Fsp3) is 0.400. The average molecular weight is 197 g/mol. The molecule has 1 nitrogen and oxygen atoms in total. The third-order valence-corrected chi connectivity index (χ3v) is 3.68. The summed E-state index contributed by atoms with van der Waals surface area (Å²) in [7, 11) is 0. The molecule has 1 aromatic rings. The van der Waals surface area contributed by atoms with Crippen LogP contribution in [-0.2, 0) is 0 Å². The van der Waals surface area contributed by atoms with Crippen LogP contribution in [0.25, 0.3) is 0 Å². The quantitative estimate of drug-likeness (QED) is 0.748. The number of hydrogen-bond acceptors (Lipinski definition) is 2. The van der Waals surface area contributed by atoms with Gasteiger partial charge in [0.25, 0.3) is 0 Å². The molecule has 70 valence electrons. The summed E-state index contributed by atoms with van der Waals surface area (Å²) in [5, 5.41) is 0. The van der Waals surface area contributed by atoms with E-state index in [2.05, 4.69) is 0 Å². The first-order valence-corrected chi connectivity index (χ1v) is 5.35. The summed E-state index contributed by atoms with van der Waals surface area (Å²) in [6.07, 6.45) is 0. The van der Waals surface area contributed by atoms with Crippen molar-refractivity contribution in [2.45, 2.75) is 23.8 Å². The second-order valence-corrected chi connectivity index (χ2v) is 4.47. The van der Waals surface area contributed by atoms with Crippen LogP contribution in [0, 0.1) is 5.82 Å². The second-order valence-electron chi connectivity index (χ2n) is 3.43. The first-order valence-electron chi connectivity index (χ1n) is 4.37. The van der Waals surface area contributed by atoms with Gasteiger partial charge in [0.15, 0.2) is 0 Å². The van der Waals surface area contributed by atoms with E-state index in [0.717, 1.165) is 16.2 Å². The van der Waals surface area contributed by atoms with Crippen molar-refractivity contribution < 1.29 is 4.39 Å². The molecule has 2 atom stereocenters. The standard InChI is InChI=1S/C10H12FNS/c1-6(12)8-5-13-10-7(8)3-2-4-9(10)11/h2-4,6,8H,5,12H2,1H3. The lowest BCUT2D eigenvalue weighted by Crippen LogP contribution is -2.24. The summed E-state index contributed by atoms with van der Waals surface area (Å²) < 4.78 is 13.3. The summed E-state index contributed by atoms with van der Waals surface area (Å²) in [5.41, 5.74) is 6.91. The van der Waals surface area contributed by atoms with Gasteiger partial charge in [0.1, 0.15) is 5.82 Å². The van der Waals surface area contributed by atoms with Crippen LogP contribution in [0.2, 0.25) is 0 Å². The van der Waals surface area contributed by atoms with Gasteiger partial charge < -0.3 is 5.73 Å². The largest absolute Gasteiger partial charge is 0.327 e. The highest BCUT2D eigenvalue weighted by Crippen LogP contribution is 2.41. The molecule has 0 aromatic heterocycles. The Bertz CT molecular complexity index is 325. The van der Waals surface area contributed by atoms with E-state index >= 15 is 0 Å². The average Bonchev–Trinajstić information content (AvgIpc) is 2.48. The van der Waals surface area contributed by atoms with Crippen LogP contribution in [0.3, 0.4) is 0 Å².